The Kier molecular flexibility index (Phi) is 10.7. The lowest BCUT2D eigenvalue weighted by Crippen LogP contribution is -2.42. The van der Waals surface area contributed by atoms with Crippen LogP contribution in [-0.2, 0) is 0 Å². The van der Waals surface area contributed by atoms with Gasteiger partial charge in [0.25, 0.3) is 0 Å². The fourth-order valence-electron chi connectivity index (χ4n) is 1.83. The van der Waals surface area contributed by atoms with Gasteiger partial charge in [-0.15, -0.1) is 24.0 Å². The van der Waals surface area contributed by atoms with Crippen LogP contribution in [0.25, 0.3) is 0 Å². The fraction of sp³-hybridized carbons (Fsp3) is 0.909. The van der Waals surface area contributed by atoms with E-state index >= 15 is 0 Å². The predicted octanol–water partition coefficient (Wildman–Crippen LogP) is 2.47. The number of hydrogen-bond donors (Lipinski definition) is 2. The number of thioether (sulfide) groups is 1. The van der Waals surface area contributed by atoms with E-state index in [9.17, 15) is 0 Å². The summed E-state index contributed by atoms with van der Waals surface area (Å²) in [6.07, 6.45) is 7.44. The highest BCUT2D eigenvalue weighted by atomic mass is 127. The summed E-state index contributed by atoms with van der Waals surface area (Å²) in [5.74, 6) is 2.10. The molecule has 0 bridgehead atoms. The maximum absolute atomic E-state index is 4.54. The summed E-state index contributed by atoms with van der Waals surface area (Å²) in [4.78, 5) is 4.54. The lowest BCUT2D eigenvalue weighted by atomic mass is 10.2. The van der Waals surface area contributed by atoms with E-state index in [2.05, 4.69) is 28.8 Å². The summed E-state index contributed by atoms with van der Waals surface area (Å²) in [6.45, 7) is 3.96. The molecule has 2 N–H and O–H groups in total. The molecule has 0 saturated heterocycles. The van der Waals surface area contributed by atoms with Crippen molar-refractivity contribution in [3.63, 3.8) is 0 Å². The minimum Gasteiger partial charge on any atom is -0.357 e. The monoisotopic (exact) mass is 357 g/mol. The molecule has 0 aromatic carbocycles. The average molecular weight is 357 g/mol. The standard InChI is InChI=1S/C11H23N3S.HI/c1-3-12-11(13-8-9-15-2)14-10-6-4-5-7-10;/h10H,3-9H2,1-2H3,(H2,12,13,14);1H. The van der Waals surface area contributed by atoms with Gasteiger partial charge in [-0.05, 0) is 26.0 Å². The van der Waals surface area contributed by atoms with Crippen LogP contribution in [0.4, 0.5) is 0 Å². The fourth-order valence-corrected chi connectivity index (χ4v) is 2.11. The van der Waals surface area contributed by atoms with Crippen molar-refractivity contribution in [1.29, 1.82) is 0 Å². The minimum atomic E-state index is 0. The van der Waals surface area contributed by atoms with Crippen molar-refractivity contribution < 1.29 is 0 Å². The second-order valence-corrected chi connectivity index (χ2v) is 4.86. The van der Waals surface area contributed by atoms with Gasteiger partial charge in [-0.1, -0.05) is 12.8 Å². The molecule has 1 aliphatic carbocycles. The zero-order valence-electron chi connectivity index (χ0n) is 10.3. The van der Waals surface area contributed by atoms with Crippen molar-refractivity contribution in [1.82, 2.24) is 10.6 Å². The molecule has 0 heterocycles. The van der Waals surface area contributed by atoms with Gasteiger partial charge in [0.15, 0.2) is 5.96 Å². The van der Waals surface area contributed by atoms with Crippen LogP contribution < -0.4 is 10.6 Å². The maximum Gasteiger partial charge on any atom is 0.191 e. The Bertz CT molecular complexity index is 194. The number of guanidine groups is 1. The topological polar surface area (TPSA) is 36.4 Å². The Balaban J connectivity index is 0.00000225. The third-order valence-electron chi connectivity index (χ3n) is 2.61. The summed E-state index contributed by atoms with van der Waals surface area (Å²) >= 11 is 1.84. The van der Waals surface area contributed by atoms with Crippen LogP contribution in [0.2, 0.25) is 0 Å². The third kappa shape index (κ3) is 6.83. The van der Waals surface area contributed by atoms with E-state index in [1.165, 1.54) is 25.7 Å². The number of rotatable bonds is 5. The Labute approximate surface area is 121 Å². The Hall–Kier alpha value is 0.350. The largest absolute Gasteiger partial charge is 0.357 e. The van der Waals surface area contributed by atoms with Crippen LogP contribution in [0, 0.1) is 0 Å². The van der Waals surface area contributed by atoms with Crippen LogP contribution in [0.5, 0.6) is 0 Å². The number of aliphatic imine (C=N–C) groups is 1. The highest BCUT2D eigenvalue weighted by Crippen LogP contribution is 2.17. The first-order chi connectivity index (χ1) is 7.36. The van der Waals surface area contributed by atoms with Crippen LogP contribution in [0.3, 0.4) is 0 Å². The first-order valence-electron chi connectivity index (χ1n) is 5.90. The number of nitrogens with zero attached hydrogens (tertiary/aromatic N) is 1. The van der Waals surface area contributed by atoms with Gasteiger partial charge in [0.1, 0.15) is 0 Å². The maximum atomic E-state index is 4.54. The molecule has 1 rings (SSSR count). The lowest BCUT2D eigenvalue weighted by Gasteiger charge is -2.16. The smallest absolute Gasteiger partial charge is 0.191 e. The summed E-state index contributed by atoms with van der Waals surface area (Å²) in [7, 11) is 0. The molecule has 1 saturated carbocycles. The lowest BCUT2D eigenvalue weighted by molar-refractivity contribution is 0.614. The van der Waals surface area contributed by atoms with Gasteiger partial charge >= 0.3 is 0 Å². The van der Waals surface area contributed by atoms with E-state index in [1.807, 2.05) is 11.8 Å². The molecule has 0 atom stereocenters. The molecule has 3 nitrogen and oxygen atoms in total. The van der Waals surface area contributed by atoms with Crippen LogP contribution >= 0.6 is 35.7 Å². The predicted molar refractivity (Wildman–Crippen MR) is 85.2 cm³/mol. The zero-order chi connectivity index (χ0) is 10.9. The van der Waals surface area contributed by atoms with Gasteiger partial charge in [-0.2, -0.15) is 11.8 Å². The molecule has 0 unspecified atom stereocenters. The van der Waals surface area contributed by atoms with Gasteiger partial charge in [0.2, 0.25) is 0 Å². The van der Waals surface area contributed by atoms with Crippen LogP contribution in [-0.4, -0.2) is 37.1 Å². The van der Waals surface area contributed by atoms with Crippen LogP contribution in [0.1, 0.15) is 32.6 Å². The molecule has 5 heteroatoms. The Morgan fingerprint density at radius 1 is 1.38 bits per heavy atom. The summed E-state index contributed by atoms with van der Waals surface area (Å²) in [6, 6.07) is 0.650. The Morgan fingerprint density at radius 2 is 2.06 bits per heavy atom. The molecule has 0 amide bonds. The van der Waals surface area contributed by atoms with Crippen molar-refractivity contribution in [3.8, 4) is 0 Å². The normalized spacial score (nSPS) is 17.0. The number of halogens is 1. The molecule has 0 aromatic rings. The number of hydrogen-bond acceptors (Lipinski definition) is 2. The molecule has 16 heavy (non-hydrogen) atoms. The summed E-state index contributed by atoms with van der Waals surface area (Å²) in [5.41, 5.74) is 0. The van der Waals surface area contributed by atoms with E-state index in [1.54, 1.807) is 0 Å². The first-order valence-corrected chi connectivity index (χ1v) is 7.30. The van der Waals surface area contributed by atoms with Gasteiger partial charge < -0.3 is 10.6 Å². The molecule has 0 spiro atoms. The second kappa shape index (κ2) is 10.5. The average Bonchev–Trinajstić information content (AvgIpc) is 2.71. The van der Waals surface area contributed by atoms with Crippen molar-refractivity contribution in [2.24, 2.45) is 4.99 Å². The quantitative estimate of drug-likeness (QED) is 0.344. The molecule has 1 fully saturated rings. The van der Waals surface area contributed by atoms with Gasteiger partial charge in [0, 0.05) is 18.3 Å². The first kappa shape index (κ1) is 16.4. The van der Waals surface area contributed by atoms with Crippen molar-refractivity contribution in [3.05, 3.63) is 0 Å². The van der Waals surface area contributed by atoms with Gasteiger partial charge in [0.05, 0.1) is 6.54 Å². The second-order valence-electron chi connectivity index (χ2n) is 3.88. The molecule has 0 radical (unpaired) electrons. The SMILES string of the molecule is CCNC(=NCCSC)NC1CCCC1.I. The van der Waals surface area contributed by atoms with E-state index in [0.717, 1.165) is 24.8 Å². The van der Waals surface area contributed by atoms with Crippen molar-refractivity contribution in [2.75, 3.05) is 25.1 Å². The van der Waals surface area contributed by atoms with Gasteiger partial charge in [-0.25, -0.2) is 0 Å². The summed E-state index contributed by atoms with van der Waals surface area (Å²) in [5, 5.41) is 6.80. The minimum absolute atomic E-state index is 0. The van der Waals surface area contributed by atoms with E-state index in [-0.39, 0.29) is 24.0 Å². The third-order valence-corrected chi connectivity index (χ3v) is 3.20. The zero-order valence-corrected chi connectivity index (χ0v) is 13.4. The molecular weight excluding hydrogens is 333 g/mol. The Morgan fingerprint density at radius 3 is 2.62 bits per heavy atom. The number of nitrogens with one attached hydrogen (secondary N) is 2. The van der Waals surface area contributed by atoms with E-state index < -0.39 is 0 Å². The van der Waals surface area contributed by atoms with Crippen LogP contribution in [0.15, 0.2) is 4.99 Å². The highest BCUT2D eigenvalue weighted by molar-refractivity contribution is 14.0. The molecule has 0 aromatic heterocycles. The molecule has 0 aliphatic heterocycles. The van der Waals surface area contributed by atoms with E-state index in [4.69, 9.17) is 0 Å². The van der Waals surface area contributed by atoms with Crippen molar-refractivity contribution in [2.45, 2.75) is 38.6 Å². The molecule has 96 valence electrons. The molecular formula is C11H24IN3S. The highest BCUT2D eigenvalue weighted by Gasteiger charge is 2.15. The van der Waals surface area contributed by atoms with Gasteiger partial charge in [-0.3, -0.25) is 4.99 Å². The summed E-state index contributed by atoms with van der Waals surface area (Å²) < 4.78 is 0. The van der Waals surface area contributed by atoms with E-state index in [0.29, 0.717) is 6.04 Å². The van der Waals surface area contributed by atoms with Crippen molar-refractivity contribution >= 4 is 41.7 Å². The molecule has 1 aliphatic rings.